The van der Waals surface area contributed by atoms with Gasteiger partial charge in [-0.05, 0) is 21.5 Å². The topological polar surface area (TPSA) is 0 Å². The Morgan fingerprint density at radius 2 is 0.879 bits per heavy atom. The number of halogens is 2. The van der Waals surface area contributed by atoms with Crippen LogP contribution in [0, 0.1) is 12.2 Å². The van der Waals surface area contributed by atoms with Crippen molar-refractivity contribution in [2.45, 2.75) is 12.8 Å². The quantitative estimate of drug-likeness (QED) is 0.235. The molecule has 0 aliphatic heterocycles. The summed E-state index contributed by atoms with van der Waals surface area (Å²) in [5.74, 6) is 0. The zero-order valence-corrected chi connectivity index (χ0v) is 23.2. The summed E-state index contributed by atoms with van der Waals surface area (Å²) in [7, 11) is 0. The summed E-state index contributed by atoms with van der Waals surface area (Å²) in [6, 6.07) is 29.9. The van der Waals surface area contributed by atoms with Gasteiger partial charge in [-0.1, -0.05) is 96.1 Å². The van der Waals surface area contributed by atoms with E-state index in [1.807, 2.05) is 0 Å². The van der Waals surface area contributed by atoms with Crippen molar-refractivity contribution >= 4 is 32.7 Å². The molecule has 0 saturated heterocycles. The van der Waals surface area contributed by atoms with E-state index in [1.165, 1.54) is 43.8 Å². The summed E-state index contributed by atoms with van der Waals surface area (Å²) < 4.78 is 0. The summed E-state index contributed by atoms with van der Waals surface area (Å²) >= 11 is 0. The van der Waals surface area contributed by atoms with Gasteiger partial charge in [-0.15, -0.1) is 12.8 Å². The third kappa shape index (κ3) is 6.03. The molecule has 0 saturated carbocycles. The molecule has 160 valence electrons. The van der Waals surface area contributed by atoms with Crippen LogP contribution in [-0.4, -0.2) is 0 Å². The van der Waals surface area contributed by atoms with E-state index in [-0.39, 0.29) is 50.7 Å². The average Bonchev–Trinajstić information content (AvgIpc) is 3.53. The minimum atomic E-state index is 0. The number of hydrogen-bond donors (Lipinski definition) is 0. The monoisotopic (exact) mass is 632 g/mol. The minimum absolute atomic E-state index is 0. The Labute approximate surface area is 227 Å². The SMILES string of the molecule is [C-]1=CC(c2cccc3ccccc23)=CC1.[C-]1=CC(c2cccc3ccccc23)=CC1.[Cl-].[Cl-].[Hf+4]. The maximum atomic E-state index is 3.22. The zero-order chi connectivity index (χ0) is 20.2. The van der Waals surface area contributed by atoms with Gasteiger partial charge in [-0.25, -0.2) is 12.2 Å². The molecule has 0 atom stereocenters. The molecular formula is C30H22Cl2Hf. The van der Waals surface area contributed by atoms with Crippen LogP contribution in [0.5, 0.6) is 0 Å². The number of hydrogen-bond acceptors (Lipinski definition) is 0. The second-order valence-electron chi connectivity index (χ2n) is 7.48. The van der Waals surface area contributed by atoms with Crippen LogP contribution in [0.25, 0.3) is 32.7 Å². The van der Waals surface area contributed by atoms with Gasteiger partial charge in [0.05, 0.1) is 0 Å². The van der Waals surface area contributed by atoms with E-state index < -0.39 is 0 Å². The fourth-order valence-electron chi connectivity index (χ4n) is 4.12. The van der Waals surface area contributed by atoms with Crippen molar-refractivity contribution in [3.05, 3.63) is 133 Å². The minimum Gasteiger partial charge on any atom is -1.00 e. The third-order valence-corrected chi connectivity index (χ3v) is 5.60. The Morgan fingerprint density at radius 3 is 1.27 bits per heavy atom. The summed E-state index contributed by atoms with van der Waals surface area (Å²) in [5.41, 5.74) is 5.23. The van der Waals surface area contributed by atoms with E-state index in [1.54, 1.807) is 0 Å². The molecule has 0 bridgehead atoms. The van der Waals surface area contributed by atoms with Crippen molar-refractivity contribution < 1.29 is 50.7 Å². The largest absolute Gasteiger partial charge is 4.00 e. The van der Waals surface area contributed by atoms with Crippen LogP contribution in [0.1, 0.15) is 24.0 Å². The van der Waals surface area contributed by atoms with Gasteiger partial charge in [0.1, 0.15) is 0 Å². The Morgan fingerprint density at radius 1 is 0.485 bits per heavy atom. The first-order valence-corrected chi connectivity index (χ1v) is 10.4. The number of benzene rings is 4. The van der Waals surface area contributed by atoms with Crippen LogP contribution >= 0.6 is 0 Å². The van der Waals surface area contributed by atoms with Gasteiger partial charge < -0.3 is 24.8 Å². The molecule has 3 heteroatoms. The molecule has 0 N–H and O–H groups in total. The molecule has 0 aromatic heterocycles. The van der Waals surface area contributed by atoms with E-state index in [0.717, 1.165) is 12.8 Å². The van der Waals surface area contributed by atoms with Crippen LogP contribution in [0.3, 0.4) is 0 Å². The molecule has 0 unspecified atom stereocenters. The predicted octanol–water partition coefficient (Wildman–Crippen LogP) is 1.98. The normalized spacial score (nSPS) is 13.2. The first-order valence-electron chi connectivity index (χ1n) is 10.4. The van der Waals surface area contributed by atoms with E-state index in [0.29, 0.717) is 0 Å². The predicted molar refractivity (Wildman–Crippen MR) is 129 cm³/mol. The van der Waals surface area contributed by atoms with Gasteiger partial charge in [0.25, 0.3) is 0 Å². The molecule has 2 aliphatic carbocycles. The van der Waals surface area contributed by atoms with Crippen molar-refractivity contribution in [2.24, 2.45) is 0 Å². The molecule has 4 aromatic carbocycles. The molecular weight excluding hydrogens is 610 g/mol. The van der Waals surface area contributed by atoms with Crippen molar-refractivity contribution in [1.82, 2.24) is 0 Å². The van der Waals surface area contributed by atoms with Gasteiger partial charge in [-0.3, -0.25) is 12.2 Å². The molecule has 33 heavy (non-hydrogen) atoms. The van der Waals surface area contributed by atoms with Crippen LogP contribution in [-0.2, 0) is 25.8 Å². The first kappa shape index (κ1) is 27.1. The molecule has 0 nitrogen and oxygen atoms in total. The van der Waals surface area contributed by atoms with E-state index in [9.17, 15) is 0 Å². The van der Waals surface area contributed by atoms with Crippen molar-refractivity contribution in [1.29, 1.82) is 0 Å². The Balaban J connectivity index is 0.000000214. The van der Waals surface area contributed by atoms with Gasteiger partial charge in [0.2, 0.25) is 0 Å². The standard InChI is InChI=1S/2C15H11.2ClH.Hf/c2*1-2-7-12(6-1)15-11-5-9-13-8-3-4-10-14(13)15;;;/h2*3-11H,1H2;2*1H;/q2*-1;;;+4/p-2. The summed E-state index contributed by atoms with van der Waals surface area (Å²) in [4.78, 5) is 0. The Bertz CT molecular complexity index is 1230. The maximum Gasteiger partial charge on any atom is 4.00 e. The molecule has 4 aromatic rings. The van der Waals surface area contributed by atoms with Crippen molar-refractivity contribution in [3.8, 4) is 0 Å². The molecule has 0 fully saturated rings. The molecule has 0 amide bonds. The van der Waals surface area contributed by atoms with Gasteiger partial charge in [0.15, 0.2) is 0 Å². The molecule has 6 rings (SSSR count). The van der Waals surface area contributed by atoms with E-state index in [4.69, 9.17) is 0 Å². The van der Waals surface area contributed by atoms with Gasteiger partial charge in [0, 0.05) is 0 Å². The fraction of sp³-hybridized carbons (Fsp3) is 0.0667. The van der Waals surface area contributed by atoms with Crippen molar-refractivity contribution in [2.75, 3.05) is 0 Å². The first-order chi connectivity index (χ1) is 14.9. The Kier molecular flexibility index (Phi) is 10.6. The summed E-state index contributed by atoms with van der Waals surface area (Å²) in [6.45, 7) is 0. The maximum absolute atomic E-state index is 3.22. The van der Waals surface area contributed by atoms with Gasteiger partial charge in [-0.2, -0.15) is 23.3 Å². The smallest absolute Gasteiger partial charge is 1.00 e. The molecule has 0 heterocycles. The number of rotatable bonds is 2. The molecule has 2 aliphatic rings. The molecule has 0 radical (unpaired) electrons. The van der Waals surface area contributed by atoms with Crippen molar-refractivity contribution in [3.63, 3.8) is 0 Å². The van der Waals surface area contributed by atoms with Gasteiger partial charge >= 0.3 is 25.8 Å². The summed E-state index contributed by atoms with van der Waals surface area (Å²) in [6.07, 6.45) is 16.9. The summed E-state index contributed by atoms with van der Waals surface area (Å²) in [5, 5.41) is 5.25. The van der Waals surface area contributed by atoms with Crippen LogP contribution < -0.4 is 24.8 Å². The van der Waals surface area contributed by atoms with E-state index >= 15 is 0 Å². The second kappa shape index (κ2) is 12.9. The average molecular weight is 632 g/mol. The molecule has 0 spiro atoms. The number of fused-ring (bicyclic) bond motifs is 2. The third-order valence-electron chi connectivity index (χ3n) is 5.60. The van der Waals surface area contributed by atoms with Crippen LogP contribution in [0.4, 0.5) is 0 Å². The second-order valence-corrected chi connectivity index (χ2v) is 7.48. The fourth-order valence-corrected chi connectivity index (χ4v) is 4.12. The van der Waals surface area contributed by atoms with Crippen LogP contribution in [0.15, 0.2) is 109 Å². The zero-order valence-electron chi connectivity index (χ0n) is 18.1. The van der Waals surface area contributed by atoms with E-state index in [2.05, 4.69) is 121 Å². The number of allylic oxidation sites excluding steroid dienone is 8. The Hall–Kier alpha value is -2.19. The van der Waals surface area contributed by atoms with Crippen LogP contribution in [0.2, 0.25) is 0 Å².